The minimum atomic E-state index is -0.731. The van der Waals surface area contributed by atoms with Crippen molar-refractivity contribution in [2.75, 3.05) is 18.1 Å². The molecule has 0 radical (unpaired) electrons. The van der Waals surface area contributed by atoms with Crippen molar-refractivity contribution >= 4 is 17.5 Å². The number of para-hydroxylation sites is 1. The Balaban J connectivity index is 1.71. The number of halogens is 1. The lowest BCUT2D eigenvalue weighted by atomic mass is 9.74. The summed E-state index contributed by atoms with van der Waals surface area (Å²) in [6, 6.07) is 23.0. The van der Waals surface area contributed by atoms with Crippen LogP contribution in [0.25, 0.3) is 5.69 Å². The Morgan fingerprint density at radius 3 is 2.50 bits per heavy atom. The molecule has 2 heterocycles. The molecule has 1 aliphatic rings. The summed E-state index contributed by atoms with van der Waals surface area (Å²) < 4.78 is 21.5. The van der Waals surface area contributed by atoms with E-state index < -0.39 is 11.8 Å². The van der Waals surface area contributed by atoms with E-state index >= 15 is 0 Å². The second-order valence-electron chi connectivity index (χ2n) is 9.84. The summed E-state index contributed by atoms with van der Waals surface area (Å²) >= 11 is 0. The monoisotopic (exact) mass is 535 g/mol. The molecule has 0 N–H and O–H groups in total. The number of fused-ring (bicyclic) bond motifs is 1. The van der Waals surface area contributed by atoms with Gasteiger partial charge in [-0.25, -0.2) is 9.07 Å². The maximum absolute atomic E-state index is 14.3. The second kappa shape index (κ2) is 11.7. The van der Waals surface area contributed by atoms with Crippen molar-refractivity contribution in [2.24, 2.45) is 5.92 Å². The highest BCUT2D eigenvalue weighted by Crippen LogP contribution is 2.47. The van der Waals surface area contributed by atoms with Crippen LogP contribution in [0.15, 0.2) is 78.9 Å². The van der Waals surface area contributed by atoms with Crippen LogP contribution in [0.2, 0.25) is 0 Å². The molecular weight excluding hydrogens is 505 g/mol. The van der Waals surface area contributed by atoms with Gasteiger partial charge in [-0.15, -0.1) is 6.42 Å². The third-order valence-corrected chi connectivity index (χ3v) is 7.24. The Bertz CT molecular complexity index is 1570. The molecule has 0 unspecified atom stereocenters. The third-order valence-electron chi connectivity index (χ3n) is 7.24. The molecule has 1 amide bonds. The van der Waals surface area contributed by atoms with Crippen LogP contribution < -0.4 is 4.90 Å². The number of Topliss-reactive ketones (excluding diaryl/α,β-unsaturated/α-hetero) is 1. The molecule has 0 bridgehead atoms. The SMILES string of the molecule is C#CCOCc1nn(-c2ccccc2)c2c1[C@H](c1ccc(F)cc1)[C@H](CC(=O)c1cccc(C)c1)C(=O)N2CC. The number of anilines is 1. The van der Waals surface area contributed by atoms with Gasteiger partial charge in [-0.05, 0) is 49.7 Å². The molecule has 0 aliphatic carbocycles. The van der Waals surface area contributed by atoms with E-state index in [0.29, 0.717) is 23.6 Å². The first kappa shape index (κ1) is 27.0. The van der Waals surface area contributed by atoms with Crippen LogP contribution in [-0.4, -0.2) is 34.6 Å². The minimum Gasteiger partial charge on any atom is -0.362 e. The van der Waals surface area contributed by atoms with Gasteiger partial charge in [0.05, 0.1) is 23.9 Å². The zero-order valence-electron chi connectivity index (χ0n) is 22.5. The zero-order chi connectivity index (χ0) is 28.2. The first-order valence-electron chi connectivity index (χ1n) is 13.3. The maximum atomic E-state index is 14.3. The van der Waals surface area contributed by atoms with E-state index in [4.69, 9.17) is 16.3 Å². The van der Waals surface area contributed by atoms with Crippen LogP contribution in [0.1, 0.15) is 52.0 Å². The van der Waals surface area contributed by atoms with E-state index in [1.54, 1.807) is 27.8 Å². The van der Waals surface area contributed by atoms with Gasteiger partial charge in [0.15, 0.2) is 5.78 Å². The first-order chi connectivity index (χ1) is 19.4. The van der Waals surface area contributed by atoms with Crippen LogP contribution in [-0.2, 0) is 16.1 Å². The summed E-state index contributed by atoms with van der Waals surface area (Å²) in [7, 11) is 0. The topological polar surface area (TPSA) is 64.4 Å². The summed E-state index contributed by atoms with van der Waals surface area (Å²) in [6.45, 7) is 4.42. The van der Waals surface area contributed by atoms with Gasteiger partial charge in [-0.3, -0.25) is 14.5 Å². The number of carbonyl (C=O) groups excluding carboxylic acids is 2. The van der Waals surface area contributed by atoms with Crippen LogP contribution in [0.4, 0.5) is 10.2 Å². The lowest BCUT2D eigenvalue weighted by Gasteiger charge is -2.38. The maximum Gasteiger partial charge on any atom is 0.232 e. The van der Waals surface area contributed by atoms with Gasteiger partial charge in [0.25, 0.3) is 0 Å². The fourth-order valence-electron chi connectivity index (χ4n) is 5.47. The molecule has 2 atom stereocenters. The van der Waals surface area contributed by atoms with Gasteiger partial charge >= 0.3 is 0 Å². The fraction of sp³-hybridized carbons (Fsp3) is 0.242. The predicted octanol–water partition coefficient (Wildman–Crippen LogP) is 5.86. The van der Waals surface area contributed by atoms with Crippen molar-refractivity contribution in [2.45, 2.75) is 32.8 Å². The number of ketones is 1. The molecule has 0 spiro atoms. The molecule has 1 aromatic heterocycles. The molecule has 40 heavy (non-hydrogen) atoms. The Hall–Kier alpha value is -4.54. The van der Waals surface area contributed by atoms with Crippen molar-refractivity contribution in [1.82, 2.24) is 9.78 Å². The average molecular weight is 536 g/mol. The van der Waals surface area contributed by atoms with Crippen LogP contribution in [0.3, 0.4) is 0 Å². The van der Waals surface area contributed by atoms with Crippen LogP contribution in [0, 0.1) is 31.0 Å². The number of benzene rings is 3. The molecule has 0 fully saturated rings. The molecule has 3 aromatic carbocycles. The quantitative estimate of drug-likeness (QED) is 0.153. The summed E-state index contributed by atoms with van der Waals surface area (Å²) in [5.41, 5.74) is 4.40. The lowest BCUT2D eigenvalue weighted by molar-refractivity contribution is -0.123. The number of hydrogen-bond donors (Lipinski definition) is 0. The van der Waals surface area contributed by atoms with E-state index in [2.05, 4.69) is 5.92 Å². The standard InChI is InChI=1S/C33H30FN3O3/c1-4-18-40-21-28-31-30(23-14-16-25(34)17-15-23)27(20-29(38)24-11-9-10-22(3)19-24)33(39)36(5-2)32(31)37(35-28)26-12-7-6-8-13-26/h1,6-17,19,27,30H,5,18,20-21H2,2-3H3/t27-,30+/m0/s1. The normalized spacial score (nSPS) is 16.4. The molecule has 1 aliphatic heterocycles. The van der Waals surface area contributed by atoms with Crippen molar-refractivity contribution in [1.29, 1.82) is 0 Å². The van der Waals surface area contributed by atoms with Crippen molar-refractivity contribution in [3.05, 3.63) is 113 Å². The number of carbonyl (C=O) groups is 2. The van der Waals surface area contributed by atoms with E-state index in [1.165, 1.54) is 12.1 Å². The first-order valence-corrected chi connectivity index (χ1v) is 13.3. The van der Waals surface area contributed by atoms with Gasteiger partial charge in [0, 0.05) is 30.0 Å². The molecule has 4 aromatic rings. The Morgan fingerprint density at radius 1 is 1.07 bits per heavy atom. The van der Waals surface area contributed by atoms with Crippen molar-refractivity contribution in [3.63, 3.8) is 0 Å². The van der Waals surface area contributed by atoms with Gasteiger partial charge in [-0.1, -0.05) is 60.0 Å². The minimum absolute atomic E-state index is 0.0125. The highest BCUT2D eigenvalue weighted by Gasteiger charge is 2.46. The number of aryl methyl sites for hydroxylation is 1. The largest absolute Gasteiger partial charge is 0.362 e. The molecule has 0 saturated carbocycles. The average Bonchev–Trinajstić information content (AvgIpc) is 3.33. The smallest absolute Gasteiger partial charge is 0.232 e. The predicted molar refractivity (Wildman–Crippen MR) is 152 cm³/mol. The van der Waals surface area contributed by atoms with Gasteiger partial charge in [-0.2, -0.15) is 5.10 Å². The summed E-state index contributed by atoms with van der Waals surface area (Å²) in [5.74, 6) is 1.12. The third kappa shape index (κ3) is 5.18. The molecule has 7 heteroatoms. The Morgan fingerprint density at radius 2 is 1.82 bits per heavy atom. The molecule has 5 rings (SSSR count). The summed E-state index contributed by atoms with van der Waals surface area (Å²) in [4.78, 5) is 29.5. The van der Waals surface area contributed by atoms with Gasteiger partial charge in [0.1, 0.15) is 18.2 Å². The zero-order valence-corrected chi connectivity index (χ0v) is 22.5. The van der Waals surface area contributed by atoms with Crippen LogP contribution >= 0.6 is 0 Å². The van der Waals surface area contributed by atoms with Crippen molar-refractivity contribution in [3.8, 4) is 18.0 Å². The molecular formula is C33H30FN3O3. The summed E-state index contributed by atoms with van der Waals surface area (Å²) in [6.07, 6.45) is 5.42. The number of terminal acetylenes is 1. The number of aromatic nitrogens is 2. The van der Waals surface area contributed by atoms with E-state index in [1.807, 2.05) is 62.4 Å². The van der Waals surface area contributed by atoms with E-state index in [9.17, 15) is 14.0 Å². The highest BCUT2D eigenvalue weighted by atomic mass is 19.1. The number of rotatable bonds is 9. The highest BCUT2D eigenvalue weighted by molar-refractivity contribution is 6.04. The number of amides is 1. The van der Waals surface area contributed by atoms with Gasteiger partial charge in [0.2, 0.25) is 5.91 Å². The second-order valence-corrected chi connectivity index (χ2v) is 9.84. The number of nitrogens with zero attached hydrogens (tertiary/aromatic N) is 3. The van der Waals surface area contributed by atoms with Gasteiger partial charge < -0.3 is 4.74 Å². The molecule has 202 valence electrons. The fourth-order valence-corrected chi connectivity index (χ4v) is 5.47. The number of hydrogen-bond acceptors (Lipinski definition) is 4. The Kier molecular flexibility index (Phi) is 7.90. The molecule has 0 saturated heterocycles. The summed E-state index contributed by atoms with van der Waals surface area (Å²) in [5, 5.41) is 4.91. The Labute approximate surface area is 233 Å². The van der Waals surface area contributed by atoms with Crippen LogP contribution in [0.5, 0.6) is 0 Å². The number of ether oxygens (including phenoxy) is 1. The van der Waals surface area contributed by atoms with E-state index in [0.717, 1.165) is 22.4 Å². The molecule has 6 nitrogen and oxygen atoms in total. The lowest BCUT2D eigenvalue weighted by Crippen LogP contribution is -2.45. The van der Waals surface area contributed by atoms with E-state index in [-0.39, 0.29) is 37.1 Å². The van der Waals surface area contributed by atoms with Crippen molar-refractivity contribution < 1.29 is 18.7 Å².